The second-order valence-electron chi connectivity index (χ2n) is 4.22. The van der Waals surface area contributed by atoms with Crippen LogP contribution in [0.15, 0.2) is 17.0 Å². The van der Waals surface area contributed by atoms with Gasteiger partial charge in [0, 0.05) is 26.2 Å². The van der Waals surface area contributed by atoms with Crippen molar-refractivity contribution >= 4 is 39.2 Å². The third kappa shape index (κ3) is 2.91. The molecule has 0 bridgehead atoms. The van der Waals surface area contributed by atoms with Crippen molar-refractivity contribution in [3.8, 4) is 0 Å². The van der Waals surface area contributed by atoms with E-state index in [1.54, 1.807) is 0 Å². The zero-order valence-corrected chi connectivity index (χ0v) is 12.6. The number of nitrogens with zero attached hydrogens (tertiary/aromatic N) is 1. The Kier molecular flexibility index (Phi) is 4.55. The van der Waals surface area contributed by atoms with Crippen molar-refractivity contribution in [1.29, 1.82) is 0 Å². The van der Waals surface area contributed by atoms with Gasteiger partial charge in [-0.25, -0.2) is 13.2 Å². The van der Waals surface area contributed by atoms with E-state index in [0.717, 1.165) is 12.1 Å². The fourth-order valence-electron chi connectivity index (χ4n) is 1.91. The highest BCUT2D eigenvalue weighted by Crippen LogP contribution is 2.30. The molecule has 1 aliphatic heterocycles. The predicted octanol–water partition coefficient (Wildman–Crippen LogP) is 1.29. The smallest absolute Gasteiger partial charge is 0.337 e. The Morgan fingerprint density at radius 2 is 1.80 bits per heavy atom. The summed E-state index contributed by atoms with van der Waals surface area (Å²) < 4.78 is 26.2. The maximum atomic E-state index is 12.5. The molecule has 1 aliphatic rings. The van der Waals surface area contributed by atoms with Crippen molar-refractivity contribution in [2.75, 3.05) is 26.2 Å². The number of carbonyl (C=O) groups is 1. The third-order valence-corrected chi connectivity index (χ3v) is 5.62. The van der Waals surface area contributed by atoms with E-state index in [-0.39, 0.29) is 20.5 Å². The average molecular weight is 339 g/mol. The number of sulfonamides is 1. The van der Waals surface area contributed by atoms with E-state index in [2.05, 4.69) is 5.32 Å². The van der Waals surface area contributed by atoms with Gasteiger partial charge in [0.2, 0.25) is 10.0 Å². The first kappa shape index (κ1) is 15.5. The summed E-state index contributed by atoms with van der Waals surface area (Å²) in [7, 11) is -3.83. The first-order valence-corrected chi connectivity index (χ1v) is 7.97. The lowest BCUT2D eigenvalue weighted by atomic mass is 10.2. The Balaban J connectivity index is 2.50. The van der Waals surface area contributed by atoms with E-state index in [1.165, 1.54) is 4.31 Å². The number of rotatable bonds is 3. The molecule has 2 N–H and O–H groups in total. The van der Waals surface area contributed by atoms with Crippen molar-refractivity contribution in [1.82, 2.24) is 9.62 Å². The van der Waals surface area contributed by atoms with Gasteiger partial charge in [0.05, 0.1) is 15.6 Å². The van der Waals surface area contributed by atoms with Gasteiger partial charge in [-0.1, -0.05) is 23.2 Å². The van der Waals surface area contributed by atoms with Crippen molar-refractivity contribution < 1.29 is 18.3 Å². The molecule has 1 fully saturated rings. The van der Waals surface area contributed by atoms with E-state index < -0.39 is 16.0 Å². The molecular formula is C11H12Cl2N2O4S. The summed E-state index contributed by atoms with van der Waals surface area (Å²) in [6, 6.07) is 2.14. The van der Waals surface area contributed by atoms with Gasteiger partial charge >= 0.3 is 5.97 Å². The standard InChI is InChI=1S/C11H12Cl2N2O4S/c12-8-6-9(13)10(5-7(8)11(16)17)20(18,19)15-3-1-14-2-4-15/h5-6,14H,1-4H2,(H,16,17). The molecule has 1 heterocycles. The maximum Gasteiger partial charge on any atom is 0.337 e. The van der Waals surface area contributed by atoms with Gasteiger partial charge in [0.1, 0.15) is 4.90 Å². The largest absolute Gasteiger partial charge is 0.478 e. The van der Waals surface area contributed by atoms with E-state index in [0.29, 0.717) is 26.2 Å². The van der Waals surface area contributed by atoms with Crippen LogP contribution in [0.25, 0.3) is 0 Å². The lowest BCUT2D eigenvalue weighted by Gasteiger charge is -2.27. The van der Waals surface area contributed by atoms with Gasteiger partial charge in [-0.2, -0.15) is 4.31 Å². The van der Waals surface area contributed by atoms with Crippen LogP contribution >= 0.6 is 23.2 Å². The van der Waals surface area contributed by atoms with Gasteiger partial charge in [0.15, 0.2) is 0 Å². The quantitative estimate of drug-likeness (QED) is 0.867. The van der Waals surface area contributed by atoms with E-state index in [1.807, 2.05) is 0 Å². The van der Waals surface area contributed by atoms with Crippen LogP contribution in [-0.4, -0.2) is 50.0 Å². The topological polar surface area (TPSA) is 86.7 Å². The van der Waals surface area contributed by atoms with Crippen LogP contribution in [-0.2, 0) is 10.0 Å². The number of hydrogen-bond acceptors (Lipinski definition) is 4. The maximum absolute atomic E-state index is 12.5. The Labute approximate surface area is 126 Å². The number of carboxylic acid groups (broad SMARTS) is 1. The summed E-state index contributed by atoms with van der Waals surface area (Å²) in [6.45, 7) is 1.69. The lowest BCUT2D eigenvalue weighted by molar-refractivity contribution is 0.0697. The average Bonchev–Trinajstić information content (AvgIpc) is 2.39. The molecule has 6 nitrogen and oxygen atoms in total. The van der Waals surface area contributed by atoms with Gasteiger partial charge in [0.25, 0.3) is 0 Å². The molecule has 0 atom stereocenters. The SMILES string of the molecule is O=C(O)c1cc(S(=O)(=O)N2CCNCC2)c(Cl)cc1Cl. The van der Waals surface area contributed by atoms with Crippen molar-refractivity contribution in [2.24, 2.45) is 0 Å². The minimum Gasteiger partial charge on any atom is -0.478 e. The molecule has 9 heteroatoms. The summed E-state index contributed by atoms with van der Waals surface area (Å²) in [4.78, 5) is 10.8. The Hall–Kier alpha value is -0.860. The minimum absolute atomic E-state index is 0.0847. The summed E-state index contributed by atoms with van der Waals surface area (Å²) in [5.41, 5.74) is -0.287. The van der Waals surface area contributed by atoms with Crippen LogP contribution in [0.2, 0.25) is 10.0 Å². The molecule has 20 heavy (non-hydrogen) atoms. The van der Waals surface area contributed by atoms with Gasteiger partial charge < -0.3 is 10.4 Å². The summed E-state index contributed by atoms with van der Waals surface area (Å²) in [6.07, 6.45) is 0. The third-order valence-electron chi connectivity index (χ3n) is 2.95. The molecule has 0 aromatic heterocycles. The van der Waals surface area contributed by atoms with Crippen molar-refractivity contribution in [2.45, 2.75) is 4.90 Å². The molecule has 110 valence electrons. The molecule has 0 radical (unpaired) electrons. The zero-order valence-electron chi connectivity index (χ0n) is 10.3. The van der Waals surface area contributed by atoms with Crippen LogP contribution < -0.4 is 5.32 Å². The molecule has 0 aliphatic carbocycles. The molecule has 1 aromatic carbocycles. The zero-order chi connectivity index (χ0) is 14.9. The van der Waals surface area contributed by atoms with Crippen LogP contribution in [0.5, 0.6) is 0 Å². The number of carboxylic acids is 1. The number of aromatic carboxylic acids is 1. The highest BCUT2D eigenvalue weighted by atomic mass is 35.5. The molecule has 0 saturated carbocycles. The summed E-state index contributed by atoms with van der Waals surface area (Å²) in [5.74, 6) is -1.30. The Morgan fingerprint density at radius 3 is 2.35 bits per heavy atom. The highest BCUT2D eigenvalue weighted by molar-refractivity contribution is 7.89. The number of halogens is 2. The van der Waals surface area contributed by atoms with Crippen molar-refractivity contribution in [3.63, 3.8) is 0 Å². The molecular weight excluding hydrogens is 327 g/mol. The van der Waals surface area contributed by atoms with Gasteiger partial charge in [-0.05, 0) is 12.1 Å². The second-order valence-corrected chi connectivity index (χ2v) is 6.94. The number of hydrogen-bond donors (Lipinski definition) is 2. The van der Waals surface area contributed by atoms with Crippen LogP contribution in [0.1, 0.15) is 10.4 Å². The molecule has 0 amide bonds. The second kappa shape index (κ2) is 5.87. The molecule has 0 unspecified atom stereocenters. The first-order chi connectivity index (χ1) is 9.34. The molecule has 2 rings (SSSR count). The van der Waals surface area contributed by atoms with E-state index >= 15 is 0 Å². The van der Waals surface area contributed by atoms with Crippen LogP contribution in [0.3, 0.4) is 0 Å². The summed E-state index contributed by atoms with van der Waals surface area (Å²) in [5, 5.41) is 11.9. The van der Waals surface area contributed by atoms with Crippen LogP contribution in [0, 0.1) is 0 Å². The Morgan fingerprint density at radius 1 is 1.20 bits per heavy atom. The minimum atomic E-state index is -3.83. The van der Waals surface area contributed by atoms with Crippen LogP contribution in [0.4, 0.5) is 0 Å². The number of benzene rings is 1. The number of piperazine rings is 1. The summed E-state index contributed by atoms with van der Waals surface area (Å²) >= 11 is 11.7. The first-order valence-electron chi connectivity index (χ1n) is 5.77. The fourth-order valence-corrected chi connectivity index (χ4v) is 4.18. The van der Waals surface area contributed by atoms with E-state index in [9.17, 15) is 13.2 Å². The lowest BCUT2D eigenvalue weighted by Crippen LogP contribution is -2.46. The van der Waals surface area contributed by atoms with Gasteiger partial charge in [-0.15, -0.1) is 0 Å². The predicted molar refractivity (Wildman–Crippen MR) is 75.0 cm³/mol. The Bertz CT molecular complexity index is 642. The van der Waals surface area contributed by atoms with E-state index in [4.69, 9.17) is 28.3 Å². The van der Waals surface area contributed by atoms with Gasteiger partial charge in [-0.3, -0.25) is 0 Å². The fraction of sp³-hybridized carbons (Fsp3) is 0.364. The normalized spacial score (nSPS) is 17.1. The number of nitrogens with one attached hydrogen (secondary N) is 1. The monoisotopic (exact) mass is 338 g/mol. The van der Waals surface area contributed by atoms with Crippen molar-refractivity contribution in [3.05, 3.63) is 27.7 Å². The molecule has 0 spiro atoms. The molecule has 1 saturated heterocycles. The highest BCUT2D eigenvalue weighted by Gasteiger charge is 2.29. The molecule has 1 aromatic rings.